The Hall–Kier alpha value is -3.28. The van der Waals surface area contributed by atoms with Crippen LogP contribution in [0.1, 0.15) is 19.8 Å². The number of benzene rings is 1. The Labute approximate surface area is 158 Å². The highest BCUT2D eigenvalue weighted by molar-refractivity contribution is 5.69. The average molecular weight is 363 g/mol. The minimum absolute atomic E-state index is 0.218. The zero-order valence-corrected chi connectivity index (χ0v) is 15.2. The lowest BCUT2D eigenvalue weighted by molar-refractivity contribution is -0.143. The molecule has 0 unspecified atom stereocenters. The van der Waals surface area contributed by atoms with E-state index < -0.39 is 0 Å². The van der Waals surface area contributed by atoms with Crippen LogP contribution in [0.25, 0.3) is 22.6 Å². The highest BCUT2D eigenvalue weighted by Gasteiger charge is 2.10. The zero-order chi connectivity index (χ0) is 18.9. The molecule has 3 aromatic rings. The van der Waals surface area contributed by atoms with E-state index in [2.05, 4.69) is 15.0 Å². The van der Waals surface area contributed by atoms with Gasteiger partial charge in [0.05, 0.1) is 18.9 Å². The lowest BCUT2D eigenvalue weighted by Gasteiger charge is -2.10. The number of pyridine rings is 1. The van der Waals surface area contributed by atoms with E-state index in [4.69, 9.17) is 9.47 Å². The van der Waals surface area contributed by atoms with Crippen LogP contribution in [0, 0.1) is 0 Å². The van der Waals surface area contributed by atoms with Gasteiger partial charge in [-0.2, -0.15) is 4.98 Å². The Balaban J connectivity index is 1.79. The number of esters is 1. The van der Waals surface area contributed by atoms with Gasteiger partial charge in [0.25, 0.3) is 0 Å². The van der Waals surface area contributed by atoms with E-state index in [0.29, 0.717) is 37.8 Å². The van der Waals surface area contributed by atoms with E-state index in [-0.39, 0.29) is 5.97 Å². The molecule has 0 saturated carbocycles. The van der Waals surface area contributed by atoms with Crippen molar-refractivity contribution in [2.45, 2.75) is 19.8 Å². The fourth-order valence-electron chi connectivity index (χ4n) is 2.50. The molecule has 0 saturated heterocycles. The van der Waals surface area contributed by atoms with Gasteiger partial charge >= 0.3 is 5.97 Å². The molecular formula is C21H21N3O3. The van der Waals surface area contributed by atoms with Crippen molar-refractivity contribution in [1.82, 2.24) is 15.0 Å². The van der Waals surface area contributed by atoms with Gasteiger partial charge in [-0.1, -0.05) is 30.3 Å². The van der Waals surface area contributed by atoms with Gasteiger partial charge in [0.15, 0.2) is 5.82 Å². The van der Waals surface area contributed by atoms with Gasteiger partial charge in [-0.25, -0.2) is 4.98 Å². The molecule has 3 rings (SSSR count). The first-order chi connectivity index (χ1) is 13.3. The summed E-state index contributed by atoms with van der Waals surface area (Å²) in [5.74, 6) is 0.828. The van der Waals surface area contributed by atoms with Crippen LogP contribution in [0.2, 0.25) is 0 Å². The summed E-state index contributed by atoms with van der Waals surface area (Å²) >= 11 is 0. The molecule has 6 nitrogen and oxygen atoms in total. The minimum Gasteiger partial charge on any atom is -0.478 e. The van der Waals surface area contributed by atoms with Crippen molar-refractivity contribution in [3.05, 3.63) is 60.9 Å². The van der Waals surface area contributed by atoms with Gasteiger partial charge in [-0.15, -0.1) is 0 Å². The third-order valence-corrected chi connectivity index (χ3v) is 3.77. The lowest BCUT2D eigenvalue weighted by atomic mass is 10.1. The van der Waals surface area contributed by atoms with Crippen LogP contribution in [0.5, 0.6) is 5.88 Å². The number of carbonyl (C=O) groups excluding carboxylic acids is 1. The van der Waals surface area contributed by atoms with Crippen molar-refractivity contribution in [3.63, 3.8) is 0 Å². The second-order valence-electron chi connectivity index (χ2n) is 5.78. The van der Waals surface area contributed by atoms with Gasteiger partial charge in [0.2, 0.25) is 5.88 Å². The number of rotatable bonds is 8. The van der Waals surface area contributed by atoms with Crippen LogP contribution in [-0.4, -0.2) is 34.1 Å². The number of hydrogen-bond donors (Lipinski definition) is 0. The summed E-state index contributed by atoms with van der Waals surface area (Å²) in [6.07, 6.45) is 4.35. The summed E-state index contributed by atoms with van der Waals surface area (Å²) in [6, 6.07) is 15.3. The Morgan fingerprint density at radius 1 is 1.04 bits per heavy atom. The standard InChI is InChI=1S/C21H21N3O3/c1-2-26-20(25)11-7-13-27-19-14-18(17-10-6-12-22-15-17)23-21(24-19)16-8-4-3-5-9-16/h3-6,8-10,12,14-15H,2,7,11,13H2,1H3. The number of aromatic nitrogens is 3. The fraction of sp³-hybridized carbons (Fsp3) is 0.238. The number of ether oxygens (including phenoxy) is 2. The second kappa shape index (κ2) is 9.43. The van der Waals surface area contributed by atoms with E-state index in [1.165, 1.54) is 0 Å². The largest absolute Gasteiger partial charge is 0.478 e. The SMILES string of the molecule is CCOC(=O)CCCOc1cc(-c2cccnc2)nc(-c2ccccc2)n1. The molecule has 0 aliphatic heterocycles. The zero-order valence-electron chi connectivity index (χ0n) is 15.2. The van der Waals surface area contributed by atoms with Crippen molar-refractivity contribution in [2.24, 2.45) is 0 Å². The topological polar surface area (TPSA) is 74.2 Å². The molecule has 0 bridgehead atoms. The fourth-order valence-corrected chi connectivity index (χ4v) is 2.50. The quantitative estimate of drug-likeness (QED) is 0.446. The smallest absolute Gasteiger partial charge is 0.305 e. The predicted octanol–water partition coefficient (Wildman–Crippen LogP) is 3.93. The van der Waals surface area contributed by atoms with Crippen LogP contribution in [0.4, 0.5) is 0 Å². The molecule has 6 heteroatoms. The highest BCUT2D eigenvalue weighted by atomic mass is 16.5. The van der Waals surface area contributed by atoms with Crippen molar-refractivity contribution >= 4 is 5.97 Å². The van der Waals surface area contributed by atoms with Crippen LogP contribution in [-0.2, 0) is 9.53 Å². The molecule has 0 spiro atoms. The first-order valence-corrected chi connectivity index (χ1v) is 8.89. The molecule has 0 radical (unpaired) electrons. The molecule has 0 aliphatic rings. The molecule has 2 heterocycles. The van der Waals surface area contributed by atoms with E-state index in [1.54, 1.807) is 25.4 Å². The molecule has 0 fully saturated rings. The second-order valence-corrected chi connectivity index (χ2v) is 5.78. The summed E-state index contributed by atoms with van der Waals surface area (Å²) in [5.41, 5.74) is 2.52. The highest BCUT2D eigenvalue weighted by Crippen LogP contribution is 2.25. The normalized spacial score (nSPS) is 10.4. The van der Waals surface area contributed by atoms with Crippen LogP contribution in [0.15, 0.2) is 60.9 Å². The number of nitrogens with zero attached hydrogens (tertiary/aromatic N) is 3. The van der Waals surface area contributed by atoms with E-state index in [0.717, 1.165) is 16.8 Å². The number of carbonyl (C=O) groups is 1. The van der Waals surface area contributed by atoms with Gasteiger partial charge in [-0.05, 0) is 25.5 Å². The van der Waals surface area contributed by atoms with E-state index in [9.17, 15) is 4.79 Å². The number of hydrogen-bond acceptors (Lipinski definition) is 6. The molecule has 27 heavy (non-hydrogen) atoms. The molecule has 1 aromatic carbocycles. The molecule has 0 amide bonds. The summed E-state index contributed by atoms with van der Waals surface area (Å²) in [6.45, 7) is 2.55. The van der Waals surface area contributed by atoms with Crippen LogP contribution >= 0.6 is 0 Å². The molecule has 0 atom stereocenters. The van der Waals surface area contributed by atoms with E-state index >= 15 is 0 Å². The molecule has 0 aliphatic carbocycles. The van der Waals surface area contributed by atoms with Crippen molar-refractivity contribution in [2.75, 3.05) is 13.2 Å². The summed E-state index contributed by atoms with van der Waals surface area (Å²) in [5, 5.41) is 0. The summed E-state index contributed by atoms with van der Waals surface area (Å²) < 4.78 is 10.7. The Kier molecular flexibility index (Phi) is 6.46. The monoisotopic (exact) mass is 363 g/mol. The van der Waals surface area contributed by atoms with Crippen molar-refractivity contribution in [1.29, 1.82) is 0 Å². The Morgan fingerprint density at radius 3 is 2.59 bits per heavy atom. The first-order valence-electron chi connectivity index (χ1n) is 8.89. The lowest BCUT2D eigenvalue weighted by Crippen LogP contribution is -2.07. The van der Waals surface area contributed by atoms with Gasteiger partial charge in [0.1, 0.15) is 0 Å². The third-order valence-electron chi connectivity index (χ3n) is 3.77. The molecule has 138 valence electrons. The van der Waals surface area contributed by atoms with Gasteiger partial charge < -0.3 is 9.47 Å². The van der Waals surface area contributed by atoms with Crippen LogP contribution in [0.3, 0.4) is 0 Å². The maximum Gasteiger partial charge on any atom is 0.305 e. The van der Waals surface area contributed by atoms with Crippen molar-refractivity contribution < 1.29 is 14.3 Å². The third kappa shape index (κ3) is 5.34. The Bertz CT molecular complexity index is 813. The minimum atomic E-state index is -0.218. The molecular weight excluding hydrogens is 342 g/mol. The first kappa shape index (κ1) is 18.5. The van der Waals surface area contributed by atoms with Gasteiger partial charge in [-0.3, -0.25) is 9.78 Å². The molecule has 2 aromatic heterocycles. The van der Waals surface area contributed by atoms with Crippen molar-refractivity contribution in [3.8, 4) is 28.5 Å². The predicted molar refractivity (Wildman–Crippen MR) is 102 cm³/mol. The van der Waals surface area contributed by atoms with Gasteiger partial charge in [0, 0.05) is 36.0 Å². The maximum absolute atomic E-state index is 11.4. The summed E-state index contributed by atoms with van der Waals surface area (Å²) in [7, 11) is 0. The maximum atomic E-state index is 11.4. The summed E-state index contributed by atoms with van der Waals surface area (Å²) in [4.78, 5) is 24.7. The molecule has 0 N–H and O–H groups in total. The van der Waals surface area contributed by atoms with Crippen LogP contribution < -0.4 is 4.74 Å². The average Bonchev–Trinajstić information content (AvgIpc) is 2.72. The Morgan fingerprint density at radius 2 is 1.85 bits per heavy atom. The van der Waals surface area contributed by atoms with E-state index in [1.807, 2.05) is 42.5 Å².